The quantitative estimate of drug-likeness (QED) is 0.476. The lowest BCUT2D eigenvalue weighted by Gasteiger charge is -2.13. The lowest BCUT2D eigenvalue weighted by molar-refractivity contribution is 0.0962. The van der Waals surface area contributed by atoms with Gasteiger partial charge in [-0.05, 0) is 36.4 Å². The highest BCUT2D eigenvalue weighted by Gasteiger charge is 2.09. The Morgan fingerprint density at radius 1 is 0.852 bits per heavy atom. The average molecular weight is 374 g/mol. The molecule has 0 aliphatic rings. The Labute approximate surface area is 161 Å². The van der Waals surface area contributed by atoms with Gasteiger partial charge in [-0.1, -0.05) is 60.1 Å². The van der Waals surface area contributed by atoms with Crippen LogP contribution in [0.5, 0.6) is 0 Å². The first kappa shape index (κ1) is 17.1. The van der Waals surface area contributed by atoms with Crippen LogP contribution in [0.3, 0.4) is 0 Å². The number of rotatable bonds is 4. The average Bonchev–Trinajstić information content (AvgIpc) is 2.72. The molecule has 5 heteroatoms. The van der Waals surface area contributed by atoms with Crippen LogP contribution < -0.4 is 10.9 Å². The van der Waals surface area contributed by atoms with Crippen molar-refractivity contribution < 1.29 is 4.79 Å². The molecule has 27 heavy (non-hydrogen) atoms. The van der Waals surface area contributed by atoms with Crippen molar-refractivity contribution in [3.63, 3.8) is 0 Å². The van der Waals surface area contributed by atoms with Gasteiger partial charge in [-0.3, -0.25) is 15.6 Å². The number of carbonyl (C=O) groups excluding carboxylic acids is 1. The molecule has 132 valence electrons. The predicted octanol–water partition coefficient (Wildman–Crippen LogP) is 5.31. The van der Waals surface area contributed by atoms with Gasteiger partial charge < -0.3 is 0 Å². The molecule has 0 atom stereocenters. The third kappa shape index (κ3) is 3.76. The molecule has 0 saturated heterocycles. The molecule has 0 fully saturated rings. The maximum absolute atomic E-state index is 12.4. The minimum absolute atomic E-state index is 0.242. The molecule has 0 aliphatic carbocycles. The Hall–Kier alpha value is -3.37. The predicted molar refractivity (Wildman–Crippen MR) is 110 cm³/mol. The summed E-state index contributed by atoms with van der Waals surface area (Å²) in [5.41, 5.74) is 9.77. The fraction of sp³-hybridized carbons (Fsp3) is 0. The van der Waals surface area contributed by atoms with Crippen molar-refractivity contribution in [1.82, 2.24) is 10.4 Å². The second kappa shape index (κ2) is 7.48. The third-order valence-electron chi connectivity index (χ3n) is 4.20. The number of nitrogens with one attached hydrogen (secondary N) is 2. The number of nitrogens with zero attached hydrogens (tertiary/aromatic N) is 1. The second-order valence-corrected chi connectivity index (χ2v) is 6.46. The van der Waals surface area contributed by atoms with Gasteiger partial charge in [0.25, 0.3) is 5.91 Å². The highest BCUT2D eigenvalue weighted by atomic mass is 35.5. The standard InChI is InChI=1S/C22H16ClN3O/c23-17-12-10-16(11-13-17)22(27)26-25-21-14-20(15-6-2-1-3-7-15)24-19-9-5-4-8-18(19)21/h1-14H,(H,24,25)(H,26,27). The summed E-state index contributed by atoms with van der Waals surface area (Å²) in [7, 11) is 0. The molecule has 0 spiro atoms. The lowest BCUT2D eigenvalue weighted by Crippen LogP contribution is -2.29. The van der Waals surface area contributed by atoms with E-state index < -0.39 is 0 Å². The molecule has 0 saturated carbocycles. The largest absolute Gasteiger partial charge is 0.298 e. The first-order valence-electron chi connectivity index (χ1n) is 8.48. The Morgan fingerprint density at radius 3 is 2.33 bits per heavy atom. The van der Waals surface area contributed by atoms with Crippen LogP contribution in [-0.4, -0.2) is 10.9 Å². The number of para-hydroxylation sites is 1. The Morgan fingerprint density at radius 2 is 1.56 bits per heavy atom. The lowest BCUT2D eigenvalue weighted by atomic mass is 10.1. The molecular formula is C22H16ClN3O. The highest BCUT2D eigenvalue weighted by molar-refractivity contribution is 6.30. The molecule has 2 N–H and O–H groups in total. The SMILES string of the molecule is O=C(NNc1cc(-c2ccccc2)nc2ccccc12)c1ccc(Cl)cc1. The Bertz CT molecular complexity index is 1100. The third-order valence-corrected chi connectivity index (χ3v) is 4.45. The van der Waals surface area contributed by atoms with Crippen molar-refractivity contribution in [2.24, 2.45) is 0 Å². The molecular weight excluding hydrogens is 358 g/mol. The van der Waals surface area contributed by atoms with E-state index in [4.69, 9.17) is 16.6 Å². The van der Waals surface area contributed by atoms with Gasteiger partial charge in [0.05, 0.1) is 16.9 Å². The van der Waals surface area contributed by atoms with Crippen molar-refractivity contribution in [3.05, 3.63) is 95.5 Å². The summed E-state index contributed by atoms with van der Waals surface area (Å²) >= 11 is 5.88. The van der Waals surface area contributed by atoms with E-state index >= 15 is 0 Å². The number of amides is 1. The van der Waals surface area contributed by atoms with E-state index in [0.29, 0.717) is 10.6 Å². The molecule has 0 bridgehead atoms. The summed E-state index contributed by atoms with van der Waals surface area (Å²) in [6.45, 7) is 0. The summed E-state index contributed by atoms with van der Waals surface area (Å²) in [5, 5.41) is 1.51. The van der Waals surface area contributed by atoms with Crippen LogP contribution in [0.1, 0.15) is 10.4 Å². The zero-order chi connectivity index (χ0) is 18.6. The number of carbonyl (C=O) groups is 1. The maximum Gasteiger partial charge on any atom is 0.269 e. The monoisotopic (exact) mass is 373 g/mol. The molecule has 1 heterocycles. The number of benzene rings is 3. The number of aromatic nitrogens is 1. The van der Waals surface area contributed by atoms with Crippen LogP contribution in [0.25, 0.3) is 22.2 Å². The summed E-state index contributed by atoms with van der Waals surface area (Å²) in [4.78, 5) is 17.1. The highest BCUT2D eigenvalue weighted by Crippen LogP contribution is 2.27. The van der Waals surface area contributed by atoms with Gasteiger partial charge in [0.2, 0.25) is 0 Å². The number of fused-ring (bicyclic) bond motifs is 1. The van der Waals surface area contributed by atoms with Gasteiger partial charge in [-0.25, -0.2) is 4.98 Å². The van der Waals surface area contributed by atoms with E-state index in [2.05, 4.69) is 10.9 Å². The number of hydrogen-bond acceptors (Lipinski definition) is 3. The van der Waals surface area contributed by atoms with Crippen LogP contribution in [0, 0.1) is 0 Å². The van der Waals surface area contributed by atoms with Gasteiger partial charge >= 0.3 is 0 Å². The van der Waals surface area contributed by atoms with E-state index in [1.54, 1.807) is 24.3 Å². The number of pyridine rings is 1. The second-order valence-electron chi connectivity index (χ2n) is 6.02. The topological polar surface area (TPSA) is 54.0 Å². The molecule has 1 amide bonds. The molecule has 1 aromatic heterocycles. The zero-order valence-corrected chi connectivity index (χ0v) is 15.1. The maximum atomic E-state index is 12.4. The Balaban J connectivity index is 1.66. The summed E-state index contributed by atoms with van der Waals surface area (Å²) < 4.78 is 0. The van der Waals surface area contributed by atoms with Gasteiger partial charge in [-0.2, -0.15) is 0 Å². The normalized spacial score (nSPS) is 10.6. The van der Waals surface area contributed by atoms with Crippen molar-refractivity contribution in [2.45, 2.75) is 0 Å². The molecule has 4 aromatic rings. The van der Waals surface area contributed by atoms with Crippen molar-refractivity contribution >= 4 is 34.1 Å². The van der Waals surface area contributed by atoms with E-state index in [1.807, 2.05) is 60.7 Å². The van der Waals surface area contributed by atoms with Crippen LogP contribution in [-0.2, 0) is 0 Å². The van der Waals surface area contributed by atoms with Gasteiger partial charge in [0, 0.05) is 21.5 Å². The van der Waals surface area contributed by atoms with Crippen LogP contribution >= 0.6 is 11.6 Å². The number of hydrazine groups is 1. The van der Waals surface area contributed by atoms with Crippen molar-refractivity contribution in [1.29, 1.82) is 0 Å². The molecule has 4 nitrogen and oxygen atoms in total. The van der Waals surface area contributed by atoms with Crippen molar-refractivity contribution in [3.8, 4) is 11.3 Å². The van der Waals surface area contributed by atoms with Gasteiger partial charge in [0.1, 0.15) is 0 Å². The van der Waals surface area contributed by atoms with Crippen LogP contribution in [0.4, 0.5) is 5.69 Å². The van der Waals surface area contributed by atoms with E-state index in [0.717, 1.165) is 27.8 Å². The fourth-order valence-corrected chi connectivity index (χ4v) is 2.96. The van der Waals surface area contributed by atoms with Gasteiger partial charge in [-0.15, -0.1) is 0 Å². The molecule has 3 aromatic carbocycles. The minimum Gasteiger partial charge on any atom is -0.298 e. The molecule has 0 radical (unpaired) electrons. The summed E-state index contributed by atoms with van der Waals surface area (Å²) in [5.74, 6) is -0.242. The van der Waals surface area contributed by atoms with E-state index in [-0.39, 0.29) is 5.91 Å². The van der Waals surface area contributed by atoms with Gasteiger partial charge in [0.15, 0.2) is 0 Å². The number of halogens is 1. The molecule has 0 aliphatic heterocycles. The summed E-state index contributed by atoms with van der Waals surface area (Å²) in [6.07, 6.45) is 0. The fourth-order valence-electron chi connectivity index (χ4n) is 2.83. The minimum atomic E-state index is -0.242. The zero-order valence-electron chi connectivity index (χ0n) is 14.3. The number of hydrogen-bond donors (Lipinski definition) is 2. The molecule has 0 unspecified atom stereocenters. The Kier molecular flexibility index (Phi) is 4.73. The summed E-state index contributed by atoms with van der Waals surface area (Å²) in [6, 6.07) is 26.4. The van der Waals surface area contributed by atoms with Crippen LogP contribution in [0.15, 0.2) is 84.9 Å². The van der Waals surface area contributed by atoms with Crippen molar-refractivity contribution in [2.75, 3.05) is 5.43 Å². The van der Waals surface area contributed by atoms with E-state index in [1.165, 1.54) is 0 Å². The molecule has 4 rings (SSSR count). The number of anilines is 1. The first-order valence-corrected chi connectivity index (χ1v) is 8.86. The van der Waals surface area contributed by atoms with Crippen LogP contribution in [0.2, 0.25) is 5.02 Å². The first-order chi connectivity index (χ1) is 13.2. The smallest absolute Gasteiger partial charge is 0.269 e. The van der Waals surface area contributed by atoms with E-state index in [9.17, 15) is 4.79 Å².